The topological polar surface area (TPSA) is 86.7 Å². The number of rotatable bonds is 12. The highest BCUT2D eigenvalue weighted by atomic mass is 32.2. The zero-order chi connectivity index (χ0) is 21.8. The minimum atomic E-state index is -3.28. The van der Waals surface area contributed by atoms with Crippen LogP contribution in [0.25, 0.3) is 0 Å². The summed E-state index contributed by atoms with van der Waals surface area (Å²) >= 11 is 0. The lowest BCUT2D eigenvalue weighted by Crippen LogP contribution is -2.08. The van der Waals surface area contributed by atoms with E-state index >= 15 is 0 Å². The summed E-state index contributed by atoms with van der Waals surface area (Å²) in [5.41, 5.74) is 2.46. The van der Waals surface area contributed by atoms with Crippen molar-refractivity contribution < 1.29 is 26.3 Å². The summed E-state index contributed by atoms with van der Waals surface area (Å²) in [4.78, 5) is 0. The molecule has 1 aromatic rings. The normalized spacial score (nSPS) is 18.2. The van der Waals surface area contributed by atoms with E-state index in [1.54, 1.807) is 0 Å². The van der Waals surface area contributed by atoms with Gasteiger partial charge in [0.05, 0.1) is 36.2 Å². The van der Waals surface area contributed by atoms with Gasteiger partial charge in [0.2, 0.25) is 0 Å². The van der Waals surface area contributed by atoms with Crippen LogP contribution in [0, 0.1) is 0 Å². The van der Waals surface area contributed by atoms with Crippen LogP contribution in [0.15, 0.2) is 0 Å². The molecule has 0 bridgehead atoms. The maximum absolute atomic E-state index is 12.4. The molecule has 2 aliphatic heterocycles. The molecule has 0 atom stereocenters. The molecule has 0 saturated carbocycles. The third kappa shape index (κ3) is 5.49. The molecule has 30 heavy (non-hydrogen) atoms. The van der Waals surface area contributed by atoms with Gasteiger partial charge in [0.25, 0.3) is 0 Å². The van der Waals surface area contributed by atoms with Crippen LogP contribution in [-0.2, 0) is 42.7 Å². The van der Waals surface area contributed by atoms with E-state index in [1.165, 1.54) is 0 Å². The first-order chi connectivity index (χ1) is 14.3. The van der Waals surface area contributed by atoms with Crippen molar-refractivity contribution >= 4 is 19.7 Å². The maximum Gasteiger partial charge on any atom is 0.158 e. The molecule has 2 heterocycles. The molecule has 0 fully saturated rings. The predicted octanol–water partition coefficient (Wildman–Crippen LogP) is 4.46. The Balaban J connectivity index is 1.93. The molecule has 0 radical (unpaired) electrons. The molecule has 0 spiro atoms. The Morgan fingerprint density at radius 3 is 1.20 bits per heavy atom. The van der Waals surface area contributed by atoms with Crippen LogP contribution < -0.4 is 9.47 Å². The van der Waals surface area contributed by atoms with Crippen LogP contribution in [0.3, 0.4) is 0 Å². The fraction of sp³-hybridized carbons (Fsp3) is 0.727. The molecular formula is C22H34O6S2. The van der Waals surface area contributed by atoms with E-state index in [9.17, 15) is 16.8 Å². The maximum atomic E-state index is 12.4. The van der Waals surface area contributed by atoms with Crippen LogP contribution >= 0.6 is 0 Å². The van der Waals surface area contributed by atoms with E-state index < -0.39 is 19.7 Å². The Kier molecular flexibility index (Phi) is 7.71. The van der Waals surface area contributed by atoms with Crippen LogP contribution in [-0.4, -0.2) is 30.0 Å². The van der Waals surface area contributed by atoms with Gasteiger partial charge in [-0.25, -0.2) is 16.8 Å². The van der Waals surface area contributed by atoms with E-state index in [0.717, 1.165) is 51.4 Å². The van der Waals surface area contributed by atoms with E-state index in [2.05, 4.69) is 13.8 Å². The van der Waals surface area contributed by atoms with Crippen LogP contribution in [0.2, 0.25) is 0 Å². The van der Waals surface area contributed by atoms with Crippen molar-refractivity contribution in [2.24, 2.45) is 0 Å². The second-order valence-electron chi connectivity index (χ2n) is 8.46. The summed E-state index contributed by atoms with van der Waals surface area (Å²) in [5.74, 6) is 0.547. The molecule has 0 aromatic heterocycles. The zero-order valence-corrected chi connectivity index (χ0v) is 19.8. The summed E-state index contributed by atoms with van der Waals surface area (Å²) in [6, 6.07) is 0. The fourth-order valence-corrected chi connectivity index (χ4v) is 7.44. The van der Waals surface area contributed by atoms with Gasteiger partial charge in [-0.2, -0.15) is 0 Å². The van der Waals surface area contributed by atoms with Crippen molar-refractivity contribution in [3.63, 3.8) is 0 Å². The van der Waals surface area contributed by atoms with Gasteiger partial charge in [0.1, 0.15) is 11.5 Å². The minimum Gasteiger partial charge on any atom is -0.493 e. The molecule has 2 aliphatic rings. The van der Waals surface area contributed by atoms with Gasteiger partial charge in [-0.05, 0) is 12.8 Å². The number of sulfone groups is 2. The molecule has 170 valence electrons. The standard InChI is InChI=1S/C22H34O6S2/c1-3-5-7-9-11-27-21-17-13-29(23,24)15-19(17)22(28-12-10-8-6-4-2)20-16-30(25,26)14-18(20)21/h3-16H2,1-2H3. The molecule has 6 nitrogen and oxygen atoms in total. The van der Waals surface area contributed by atoms with Crippen molar-refractivity contribution in [3.05, 3.63) is 22.3 Å². The summed E-state index contributed by atoms with van der Waals surface area (Å²) in [6.07, 6.45) is 8.28. The molecule has 0 N–H and O–H groups in total. The Labute approximate surface area is 181 Å². The summed E-state index contributed by atoms with van der Waals surface area (Å²) in [7, 11) is -6.57. The highest BCUT2D eigenvalue weighted by Gasteiger charge is 2.40. The second kappa shape index (κ2) is 9.90. The van der Waals surface area contributed by atoms with E-state index in [0.29, 0.717) is 47.0 Å². The van der Waals surface area contributed by atoms with Crippen LogP contribution in [0.4, 0.5) is 0 Å². The lowest BCUT2D eigenvalue weighted by atomic mass is 9.98. The quantitative estimate of drug-likeness (QED) is 0.430. The highest BCUT2D eigenvalue weighted by molar-refractivity contribution is 7.90. The Morgan fingerprint density at radius 1 is 0.567 bits per heavy atom. The smallest absolute Gasteiger partial charge is 0.158 e. The van der Waals surface area contributed by atoms with E-state index in [4.69, 9.17) is 9.47 Å². The molecule has 0 saturated heterocycles. The van der Waals surface area contributed by atoms with Gasteiger partial charge in [-0.15, -0.1) is 0 Å². The van der Waals surface area contributed by atoms with Gasteiger partial charge in [-0.3, -0.25) is 0 Å². The second-order valence-corrected chi connectivity index (χ2v) is 12.6. The molecular weight excluding hydrogens is 424 g/mol. The highest BCUT2D eigenvalue weighted by Crippen LogP contribution is 2.48. The molecule has 8 heteroatoms. The van der Waals surface area contributed by atoms with Crippen molar-refractivity contribution in [3.8, 4) is 11.5 Å². The number of hydrogen-bond donors (Lipinski definition) is 0. The van der Waals surface area contributed by atoms with Crippen molar-refractivity contribution in [2.45, 2.75) is 88.2 Å². The predicted molar refractivity (Wildman–Crippen MR) is 118 cm³/mol. The van der Waals surface area contributed by atoms with Gasteiger partial charge in [0, 0.05) is 22.3 Å². The zero-order valence-electron chi connectivity index (χ0n) is 18.2. The average molecular weight is 459 g/mol. The van der Waals surface area contributed by atoms with Crippen LogP contribution in [0.1, 0.15) is 87.5 Å². The number of fused-ring (bicyclic) bond motifs is 2. The summed E-state index contributed by atoms with van der Waals surface area (Å²) < 4.78 is 61.9. The Bertz CT molecular complexity index is 836. The van der Waals surface area contributed by atoms with E-state index in [1.807, 2.05) is 0 Å². The van der Waals surface area contributed by atoms with Crippen molar-refractivity contribution in [2.75, 3.05) is 13.2 Å². The van der Waals surface area contributed by atoms with Crippen molar-refractivity contribution in [1.82, 2.24) is 0 Å². The largest absolute Gasteiger partial charge is 0.493 e. The fourth-order valence-electron chi connectivity index (χ4n) is 4.26. The molecule has 0 amide bonds. The first-order valence-corrected chi connectivity index (χ1v) is 14.8. The summed E-state index contributed by atoms with van der Waals surface area (Å²) in [5, 5.41) is 0. The monoisotopic (exact) mass is 458 g/mol. The number of ether oxygens (including phenoxy) is 2. The van der Waals surface area contributed by atoms with Gasteiger partial charge in [0.15, 0.2) is 19.7 Å². The van der Waals surface area contributed by atoms with Crippen molar-refractivity contribution in [1.29, 1.82) is 0 Å². The summed E-state index contributed by atoms with van der Waals surface area (Å²) in [6.45, 7) is 5.21. The first-order valence-electron chi connectivity index (χ1n) is 11.1. The minimum absolute atomic E-state index is 0.105. The van der Waals surface area contributed by atoms with Gasteiger partial charge in [-0.1, -0.05) is 52.4 Å². The third-order valence-corrected chi connectivity index (χ3v) is 8.68. The number of hydrogen-bond acceptors (Lipinski definition) is 6. The van der Waals surface area contributed by atoms with Crippen LogP contribution in [0.5, 0.6) is 11.5 Å². The van der Waals surface area contributed by atoms with Gasteiger partial charge >= 0.3 is 0 Å². The third-order valence-electron chi connectivity index (χ3n) is 5.77. The Hall–Kier alpha value is -1.28. The number of benzene rings is 1. The van der Waals surface area contributed by atoms with E-state index in [-0.39, 0.29) is 23.0 Å². The first kappa shape index (κ1) is 23.4. The lowest BCUT2D eigenvalue weighted by Gasteiger charge is -2.19. The van der Waals surface area contributed by atoms with Gasteiger partial charge < -0.3 is 9.47 Å². The average Bonchev–Trinajstić information content (AvgIpc) is 3.16. The molecule has 1 aromatic carbocycles. The molecule has 3 rings (SSSR count). The lowest BCUT2D eigenvalue weighted by molar-refractivity contribution is 0.290. The Morgan fingerprint density at radius 2 is 0.900 bits per heavy atom. The number of unbranched alkanes of at least 4 members (excludes halogenated alkanes) is 6. The molecule has 0 unspecified atom stereocenters. The SMILES string of the molecule is CCCCCCOc1c2c(c(OCCCCCC)c3c1CS(=O)(=O)C3)CS(=O)(=O)C2. The molecule has 0 aliphatic carbocycles.